The third kappa shape index (κ3) is 9.37. The van der Waals surface area contributed by atoms with Crippen LogP contribution in [0.1, 0.15) is 37.7 Å². The van der Waals surface area contributed by atoms with Gasteiger partial charge in [-0.05, 0) is 82.1 Å². The van der Waals surface area contributed by atoms with E-state index in [1.807, 2.05) is 25.4 Å². The molecule has 1 atom stereocenters. The Bertz CT molecular complexity index is 2630. The van der Waals surface area contributed by atoms with E-state index in [9.17, 15) is 23.3 Å². The number of aldehydes is 1. The van der Waals surface area contributed by atoms with Crippen LogP contribution in [-0.4, -0.2) is 114 Å². The van der Waals surface area contributed by atoms with Gasteiger partial charge in [0.25, 0.3) is 0 Å². The highest BCUT2D eigenvalue weighted by Gasteiger charge is 2.48. The van der Waals surface area contributed by atoms with Gasteiger partial charge < -0.3 is 29.6 Å². The fourth-order valence-corrected chi connectivity index (χ4v) is 10.9. The topological polar surface area (TPSA) is 170 Å². The highest BCUT2D eigenvalue weighted by atomic mass is 79.9. The zero-order valence-corrected chi connectivity index (χ0v) is 39.0. The van der Waals surface area contributed by atoms with E-state index in [-0.39, 0.29) is 36.2 Å². The van der Waals surface area contributed by atoms with Crippen LogP contribution in [0, 0.1) is 11.6 Å². The second kappa shape index (κ2) is 19.0. The van der Waals surface area contributed by atoms with Crippen LogP contribution in [0.3, 0.4) is 0 Å². The summed E-state index contributed by atoms with van der Waals surface area (Å²) in [5.74, 6) is -0.587. The SMILES string of the molecule is COc1cc(N2CCN(C(C=O)C3(c4c(F)cccc4NN4C(=O)CCCC4=O)CCNCC3)CC2)c(-c2cnn(C)c2)c(N(Br)c2nccc(Nc3ccc(F)cc3P(C)(C)=O)n2)c1. The van der Waals surface area contributed by atoms with Gasteiger partial charge in [0.1, 0.15) is 36.6 Å². The number of benzene rings is 3. The summed E-state index contributed by atoms with van der Waals surface area (Å²) in [6.07, 6.45) is 7.93. The number of nitrogens with one attached hydrogen (secondary N) is 3. The number of piperazine rings is 1. The maximum atomic E-state index is 16.4. The molecule has 65 heavy (non-hydrogen) atoms. The number of amides is 2. The number of aromatic nitrogens is 4. The lowest BCUT2D eigenvalue weighted by Crippen LogP contribution is -2.60. The molecule has 5 heterocycles. The Balaban J connectivity index is 1.12. The van der Waals surface area contributed by atoms with E-state index in [2.05, 4.69) is 52.1 Å². The molecule has 16 nitrogen and oxygen atoms in total. The maximum Gasteiger partial charge on any atom is 0.248 e. The van der Waals surface area contributed by atoms with Crippen molar-refractivity contribution in [2.75, 3.05) is 79.3 Å². The molecule has 2 aromatic heterocycles. The number of piperidine rings is 2. The molecule has 20 heteroatoms. The van der Waals surface area contributed by atoms with Gasteiger partial charge in [0, 0.05) is 98.0 Å². The van der Waals surface area contributed by atoms with Crippen LogP contribution in [0.15, 0.2) is 73.2 Å². The summed E-state index contributed by atoms with van der Waals surface area (Å²) in [5, 5.41) is 12.4. The third-order valence-electron chi connectivity index (χ3n) is 12.4. The van der Waals surface area contributed by atoms with Crippen molar-refractivity contribution >= 4 is 81.2 Å². The number of anilines is 6. The van der Waals surface area contributed by atoms with E-state index in [0.717, 1.165) is 28.1 Å². The van der Waals surface area contributed by atoms with Gasteiger partial charge in [0.05, 0.1) is 58.2 Å². The van der Waals surface area contributed by atoms with Crippen molar-refractivity contribution < 1.29 is 32.5 Å². The molecule has 0 saturated carbocycles. The minimum absolute atomic E-state index is 0.201. The average Bonchev–Trinajstić information content (AvgIpc) is 3.73. The molecule has 0 spiro atoms. The van der Waals surface area contributed by atoms with Crippen LogP contribution >= 0.6 is 23.3 Å². The molecule has 3 aliphatic rings. The number of imide groups is 1. The van der Waals surface area contributed by atoms with E-state index in [0.29, 0.717) is 92.5 Å². The van der Waals surface area contributed by atoms with Crippen molar-refractivity contribution in [3.63, 3.8) is 0 Å². The number of hydrogen-bond donors (Lipinski definition) is 3. The highest BCUT2D eigenvalue weighted by molar-refractivity contribution is 9.10. The summed E-state index contributed by atoms with van der Waals surface area (Å²) < 4.78 is 53.0. The summed E-state index contributed by atoms with van der Waals surface area (Å²) in [6.45, 7) is 6.09. The smallest absolute Gasteiger partial charge is 0.248 e. The van der Waals surface area contributed by atoms with Gasteiger partial charge in [-0.2, -0.15) is 15.1 Å². The normalized spacial score (nSPS) is 17.5. The van der Waals surface area contributed by atoms with Gasteiger partial charge in [0.2, 0.25) is 17.8 Å². The predicted molar refractivity (Wildman–Crippen MR) is 250 cm³/mol. The molecule has 3 aliphatic heterocycles. The molecule has 5 aromatic rings. The highest BCUT2D eigenvalue weighted by Crippen LogP contribution is 2.48. The van der Waals surface area contributed by atoms with Gasteiger partial charge in [-0.1, -0.05) is 6.07 Å². The van der Waals surface area contributed by atoms with Crippen molar-refractivity contribution in [3.05, 3.63) is 90.4 Å². The van der Waals surface area contributed by atoms with Gasteiger partial charge >= 0.3 is 0 Å². The van der Waals surface area contributed by atoms with Crippen LogP contribution in [-0.2, 0) is 31.4 Å². The maximum absolute atomic E-state index is 16.4. The van der Waals surface area contributed by atoms with Crippen molar-refractivity contribution in [2.45, 2.75) is 43.6 Å². The molecular formula is C45H51BrF2N11O5P. The van der Waals surface area contributed by atoms with Gasteiger partial charge in [0.15, 0.2) is 0 Å². The Morgan fingerprint density at radius 2 is 1.74 bits per heavy atom. The predicted octanol–water partition coefficient (Wildman–Crippen LogP) is 6.48. The molecule has 0 bridgehead atoms. The molecule has 3 fully saturated rings. The summed E-state index contributed by atoms with van der Waals surface area (Å²) in [7, 11) is 0.546. The second-order valence-electron chi connectivity index (χ2n) is 16.9. The van der Waals surface area contributed by atoms with E-state index in [4.69, 9.17) is 9.72 Å². The number of hydrazine groups is 1. The largest absolute Gasteiger partial charge is 0.497 e. The first-order valence-corrected chi connectivity index (χ1v) is 24.7. The number of methoxy groups -OCH3 is 1. The number of rotatable bonds is 14. The molecule has 0 aliphatic carbocycles. The quantitative estimate of drug-likeness (QED) is 0.0478. The lowest BCUT2D eigenvalue weighted by atomic mass is 9.66. The standard InChI is InChI=1S/C45H51BrF2N11O5P/c1-55-27-29(26-51-55)42-35(24-31(64-2)25-36(42)58(46)44-50-16-13-39(53-44)52-33-12-11-30(47)23-37(33)65(3,4)63)56-19-21-57(22-20-56)38(28-60)45(14-17-49-18-15-45)43-32(48)7-5-8-34(43)54-59-40(61)9-6-10-41(59)62/h5,7-8,11-13,16,23-28,38,49,54H,6,9-10,14-15,17-22H2,1-4H3,(H,50,52,53). The Labute approximate surface area is 384 Å². The van der Waals surface area contributed by atoms with Crippen LogP contribution in [0.4, 0.5) is 43.3 Å². The first-order valence-electron chi connectivity index (χ1n) is 21.4. The molecule has 1 unspecified atom stereocenters. The molecule has 3 saturated heterocycles. The number of halogens is 3. The molecule has 2 amide bonds. The first-order chi connectivity index (χ1) is 31.2. The molecule has 3 aromatic carbocycles. The number of hydrogen-bond acceptors (Lipinski definition) is 14. The Morgan fingerprint density at radius 1 is 1.00 bits per heavy atom. The van der Waals surface area contributed by atoms with E-state index in [1.165, 1.54) is 24.3 Å². The minimum atomic E-state index is -2.87. The lowest BCUT2D eigenvalue weighted by molar-refractivity contribution is -0.146. The van der Waals surface area contributed by atoms with Crippen molar-refractivity contribution in [1.82, 2.24) is 35.0 Å². The third-order valence-corrected chi connectivity index (χ3v) is 14.6. The van der Waals surface area contributed by atoms with Crippen LogP contribution in [0.2, 0.25) is 0 Å². The molecule has 0 radical (unpaired) electrons. The summed E-state index contributed by atoms with van der Waals surface area (Å²) >= 11 is 3.76. The molecule has 8 rings (SSSR count). The number of nitrogens with zero attached hydrogens (tertiary/aromatic N) is 8. The first kappa shape index (κ1) is 45.8. The van der Waals surface area contributed by atoms with E-state index < -0.39 is 30.2 Å². The molecule has 342 valence electrons. The van der Waals surface area contributed by atoms with E-state index in [1.54, 1.807) is 59.6 Å². The number of carbonyl (C=O) groups excluding carboxylic acids is 3. The fraction of sp³-hybridized carbons (Fsp3) is 0.378. The minimum Gasteiger partial charge on any atom is -0.497 e. The summed E-state index contributed by atoms with van der Waals surface area (Å²) in [4.78, 5) is 53.0. The monoisotopic (exact) mass is 973 g/mol. The Kier molecular flexibility index (Phi) is 13.4. The van der Waals surface area contributed by atoms with Crippen molar-refractivity contribution in [3.8, 4) is 16.9 Å². The van der Waals surface area contributed by atoms with E-state index >= 15 is 4.39 Å². The number of aryl methyl sites for hydroxylation is 1. The Hall–Kier alpha value is -5.75. The van der Waals surface area contributed by atoms with Gasteiger partial charge in [-0.25, -0.2) is 17.7 Å². The van der Waals surface area contributed by atoms with Crippen molar-refractivity contribution in [2.24, 2.45) is 7.05 Å². The number of ether oxygens (including phenoxy) is 1. The molecular weight excluding hydrogens is 923 g/mol. The fourth-order valence-electron chi connectivity index (χ4n) is 9.26. The Morgan fingerprint density at radius 3 is 2.40 bits per heavy atom. The lowest BCUT2D eigenvalue weighted by Gasteiger charge is -2.49. The van der Waals surface area contributed by atoms with Crippen LogP contribution < -0.4 is 34.9 Å². The van der Waals surface area contributed by atoms with Gasteiger partial charge in [-0.15, -0.1) is 0 Å². The zero-order valence-electron chi connectivity index (χ0n) is 36.6. The van der Waals surface area contributed by atoms with Crippen LogP contribution in [0.25, 0.3) is 11.1 Å². The average molecular weight is 975 g/mol. The zero-order chi connectivity index (χ0) is 46.0. The number of carbonyl (C=O) groups is 3. The van der Waals surface area contributed by atoms with Gasteiger partial charge in [-0.3, -0.25) is 24.6 Å². The molecule has 3 N–H and O–H groups in total. The summed E-state index contributed by atoms with van der Waals surface area (Å²) in [6, 6.07) is 13.4. The van der Waals surface area contributed by atoms with Crippen molar-refractivity contribution in [1.29, 1.82) is 0 Å². The second-order valence-corrected chi connectivity index (χ2v) is 20.8. The summed E-state index contributed by atoms with van der Waals surface area (Å²) in [5.41, 5.74) is 6.07. The van der Waals surface area contributed by atoms with Crippen LogP contribution in [0.5, 0.6) is 5.75 Å².